The molecule has 0 aliphatic carbocycles. The van der Waals surface area contributed by atoms with Crippen molar-refractivity contribution in [1.29, 1.82) is 0 Å². The first kappa shape index (κ1) is 15.3. The zero-order chi connectivity index (χ0) is 17.0. The zero-order valence-corrected chi connectivity index (χ0v) is 14.6. The van der Waals surface area contributed by atoms with Gasteiger partial charge in [-0.05, 0) is 37.8 Å². The molecule has 2 amide bonds. The second-order valence-electron chi connectivity index (χ2n) is 7.23. The number of aromatic nitrogens is 1. The number of thiophene rings is 1. The summed E-state index contributed by atoms with van der Waals surface area (Å²) >= 11 is 1.45. The van der Waals surface area contributed by atoms with Crippen LogP contribution in [0, 0.1) is 0 Å². The molecular weight excluding hydrogens is 336 g/mol. The van der Waals surface area contributed by atoms with Crippen molar-refractivity contribution in [2.75, 3.05) is 13.1 Å². The maximum atomic E-state index is 12.6. The van der Waals surface area contributed by atoms with Gasteiger partial charge in [0.2, 0.25) is 0 Å². The van der Waals surface area contributed by atoms with E-state index in [9.17, 15) is 9.59 Å². The fraction of sp³-hybridized carbons (Fsp3) is 0.500. The van der Waals surface area contributed by atoms with Gasteiger partial charge in [0.1, 0.15) is 5.69 Å². The number of hydrogen-bond donors (Lipinski definition) is 2. The quantitative estimate of drug-likeness (QED) is 0.879. The second kappa shape index (κ2) is 5.78. The van der Waals surface area contributed by atoms with E-state index < -0.39 is 0 Å². The first-order valence-electron chi connectivity index (χ1n) is 8.93. The van der Waals surface area contributed by atoms with E-state index in [0.717, 1.165) is 47.3 Å². The van der Waals surface area contributed by atoms with Gasteiger partial charge in [0.05, 0.1) is 4.88 Å². The molecule has 0 saturated carbocycles. The van der Waals surface area contributed by atoms with E-state index in [1.54, 1.807) is 6.20 Å². The second-order valence-corrected chi connectivity index (χ2v) is 8.31. The van der Waals surface area contributed by atoms with E-state index in [1.807, 2.05) is 17.0 Å². The van der Waals surface area contributed by atoms with Crippen molar-refractivity contribution < 1.29 is 9.59 Å². The summed E-state index contributed by atoms with van der Waals surface area (Å²) in [7, 11) is 0. The molecule has 25 heavy (non-hydrogen) atoms. The van der Waals surface area contributed by atoms with Crippen LogP contribution in [0.15, 0.2) is 18.3 Å². The van der Waals surface area contributed by atoms with Gasteiger partial charge in [-0.1, -0.05) is 0 Å². The molecule has 5 heterocycles. The van der Waals surface area contributed by atoms with E-state index >= 15 is 0 Å². The molecule has 3 aliphatic rings. The van der Waals surface area contributed by atoms with Gasteiger partial charge in [0.15, 0.2) is 0 Å². The first-order valence-corrected chi connectivity index (χ1v) is 9.75. The van der Waals surface area contributed by atoms with Crippen LogP contribution in [0.2, 0.25) is 0 Å². The first-order chi connectivity index (χ1) is 12.2. The number of pyridine rings is 1. The van der Waals surface area contributed by atoms with E-state index in [2.05, 4.69) is 15.6 Å². The molecule has 0 unspecified atom stereocenters. The number of carbonyl (C=O) groups is 2. The largest absolute Gasteiger partial charge is 0.346 e. The molecule has 6 nitrogen and oxygen atoms in total. The van der Waals surface area contributed by atoms with Crippen molar-refractivity contribution in [3.8, 4) is 0 Å². The average molecular weight is 356 g/mol. The highest BCUT2D eigenvalue weighted by atomic mass is 32.1. The van der Waals surface area contributed by atoms with Crippen LogP contribution in [-0.4, -0.2) is 52.9 Å². The Bertz CT molecular complexity index is 860. The Labute approximate surface area is 149 Å². The van der Waals surface area contributed by atoms with Crippen molar-refractivity contribution in [3.05, 3.63) is 28.9 Å². The molecule has 130 valence electrons. The molecule has 3 fully saturated rings. The fourth-order valence-corrected chi connectivity index (χ4v) is 5.10. The average Bonchev–Trinajstić information content (AvgIpc) is 3.27. The van der Waals surface area contributed by atoms with E-state index in [4.69, 9.17) is 0 Å². The highest BCUT2D eigenvalue weighted by molar-refractivity contribution is 7.20. The molecule has 3 atom stereocenters. The third-order valence-corrected chi connectivity index (χ3v) is 6.69. The lowest BCUT2D eigenvalue weighted by Gasteiger charge is -2.30. The lowest BCUT2D eigenvalue weighted by Crippen LogP contribution is -2.43. The van der Waals surface area contributed by atoms with Crippen LogP contribution in [0.1, 0.15) is 45.8 Å². The Morgan fingerprint density at radius 3 is 2.84 bits per heavy atom. The van der Waals surface area contributed by atoms with Crippen molar-refractivity contribution in [2.24, 2.45) is 0 Å². The van der Waals surface area contributed by atoms with Crippen LogP contribution < -0.4 is 10.6 Å². The number of likely N-dealkylation sites (tertiary alicyclic amines) is 1. The molecular formula is C18H20N4O2S. The summed E-state index contributed by atoms with van der Waals surface area (Å²) in [6.07, 6.45) is 6.14. The monoisotopic (exact) mass is 356 g/mol. The van der Waals surface area contributed by atoms with Gasteiger partial charge >= 0.3 is 0 Å². The van der Waals surface area contributed by atoms with Crippen LogP contribution in [0.25, 0.3) is 10.1 Å². The number of carbonyl (C=O) groups excluding carboxylic acids is 2. The summed E-state index contributed by atoms with van der Waals surface area (Å²) in [5, 5.41) is 7.57. The third kappa shape index (κ3) is 2.62. The van der Waals surface area contributed by atoms with Crippen molar-refractivity contribution in [1.82, 2.24) is 20.5 Å². The summed E-state index contributed by atoms with van der Waals surface area (Å²) in [6, 6.07) is 4.85. The lowest BCUT2D eigenvalue weighted by atomic mass is 9.95. The van der Waals surface area contributed by atoms with Gasteiger partial charge in [-0.15, -0.1) is 11.3 Å². The predicted octanol–water partition coefficient (Wildman–Crippen LogP) is 1.76. The maximum absolute atomic E-state index is 12.6. The molecule has 7 heteroatoms. The number of hydrogen-bond acceptors (Lipinski definition) is 5. The van der Waals surface area contributed by atoms with Crippen LogP contribution in [0.3, 0.4) is 0 Å². The van der Waals surface area contributed by atoms with E-state index in [0.29, 0.717) is 17.8 Å². The molecule has 2 aromatic rings. The van der Waals surface area contributed by atoms with E-state index in [1.165, 1.54) is 17.8 Å². The smallest absolute Gasteiger partial charge is 0.270 e. The molecule has 0 radical (unpaired) electrons. The van der Waals surface area contributed by atoms with Crippen molar-refractivity contribution >= 4 is 33.2 Å². The Kier molecular flexibility index (Phi) is 3.53. The zero-order valence-electron chi connectivity index (χ0n) is 13.8. The molecule has 0 spiro atoms. The van der Waals surface area contributed by atoms with Gasteiger partial charge in [-0.3, -0.25) is 14.6 Å². The van der Waals surface area contributed by atoms with Crippen LogP contribution in [0.4, 0.5) is 0 Å². The number of nitrogens with one attached hydrogen (secondary N) is 2. The Morgan fingerprint density at radius 1 is 1.28 bits per heavy atom. The summed E-state index contributed by atoms with van der Waals surface area (Å²) in [6.45, 7) is 1.69. The molecule has 5 rings (SSSR count). The molecule has 2 N–H and O–H groups in total. The highest BCUT2D eigenvalue weighted by Gasteiger charge is 2.39. The standard InChI is InChI=1S/C18H20N4O2S/c23-17(21-13-7-11-2-3-12(13)20-11)14-8-15-10(9-19-14)6-16(25-15)18(24)22-4-1-5-22/h6,8-9,11-13,20H,1-5,7H2,(H,21,23)/t11-,12+,13-/m1/s1. The number of amides is 2. The van der Waals surface area contributed by atoms with Crippen LogP contribution >= 0.6 is 11.3 Å². The summed E-state index contributed by atoms with van der Waals surface area (Å²) in [5.74, 6) is -0.0308. The fourth-order valence-electron chi connectivity index (χ4n) is 4.06. The predicted molar refractivity (Wildman–Crippen MR) is 96.0 cm³/mol. The Morgan fingerprint density at radius 2 is 2.16 bits per heavy atom. The molecule has 2 bridgehead atoms. The topological polar surface area (TPSA) is 74.3 Å². The Balaban J connectivity index is 1.34. The minimum Gasteiger partial charge on any atom is -0.346 e. The lowest BCUT2D eigenvalue weighted by molar-refractivity contribution is 0.0657. The van der Waals surface area contributed by atoms with Crippen LogP contribution in [0.5, 0.6) is 0 Å². The molecule has 3 saturated heterocycles. The maximum Gasteiger partial charge on any atom is 0.270 e. The number of nitrogens with zero attached hydrogens (tertiary/aromatic N) is 2. The highest BCUT2D eigenvalue weighted by Crippen LogP contribution is 2.30. The molecule has 2 aromatic heterocycles. The van der Waals surface area contributed by atoms with Gasteiger partial charge < -0.3 is 15.5 Å². The molecule has 0 aromatic carbocycles. The Hall–Kier alpha value is -1.99. The van der Waals surface area contributed by atoms with Gasteiger partial charge in [-0.25, -0.2) is 0 Å². The van der Waals surface area contributed by atoms with Gasteiger partial charge in [-0.2, -0.15) is 0 Å². The third-order valence-electron chi connectivity index (χ3n) is 5.60. The molecule has 3 aliphatic heterocycles. The van der Waals surface area contributed by atoms with E-state index in [-0.39, 0.29) is 17.9 Å². The number of fused-ring (bicyclic) bond motifs is 3. The van der Waals surface area contributed by atoms with Crippen LogP contribution in [-0.2, 0) is 0 Å². The van der Waals surface area contributed by atoms with Crippen molar-refractivity contribution in [2.45, 2.75) is 43.8 Å². The SMILES string of the molecule is O=C(N[C@@H]1C[C@H]2CC[C@@H]1N2)c1cc2sc(C(=O)N3CCC3)cc2cn1. The van der Waals surface area contributed by atoms with Crippen molar-refractivity contribution in [3.63, 3.8) is 0 Å². The van der Waals surface area contributed by atoms with Gasteiger partial charge in [0.25, 0.3) is 11.8 Å². The minimum absolute atomic E-state index is 0.0894. The minimum atomic E-state index is -0.120. The summed E-state index contributed by atoms with van der Waals surface area (Å²) < 4.78 is 0.940. The number of rotatable bonds is 3. The van der Waals surface area contributed by atoms with Gasteiger partial charge in [0, 0.05) is 47.5 Å². The normalized spacial score (nSPS) is 27.5. The summed E-state index contributed by atoms with van der Waals surface area (Å²) in [5.41, 5.74) is 0.431. The summed E-state index contributed by atoms with van der Waals surface area (Å²) in [4.78, 5) is 31.8.